The maximum Gasteiger partial charge on any atom is 0.357 e. The van der Waals surface area contributed by atoms with Gasteiger partial charge in [0.1, 0.15) is 0 Å². The maximum atomic E-state index is 11.2. The molecule has 2 unspecified atom stereocenters. The number of nitrogens with zero attached hydrogens (tertiary/aromatic N) is 4. The van der Waals surface area contributed by atoms with Crippen molar-refractivity contribution in [3.8, 4) is 0 Å². The predicted molar refractivity (Wildman–Crippen MR) is 44.9 cm³/mol. The van der Waals surface area contributed by atoms with Crippen molar-refractivity contribution in [3.05, 3.63) is 30.3 Å². The van der Waals surface area contributed by atoms with Crippen LogP contribution in [0.25, 0.3) is 0 Å². The Bertz CT molecular complexity index is 342. The normalized spacial score (nSPS) is 25.2. The molecule has 88 valence electrons. The molecule has 1 fully saturated rings. The Hall–Kier alpha value is -2.33. The first kappa shape index (κ1) is 11.7. The van der Waals surface area contributed by atoms with Crippen LogP contribution in [0.3, 0.4) is 0 Å². The van der Waals surface area contributed by atoms with E-state index in [1.54, 1.807) is 0 Å². The van der Waals surface area contributed by atoms with Gasteiger partial charge in [0.15, 0.2) is 11.6 Å². The third-order valence-electron chi connectivity index (χ3n) is 2.17. The van der Waals surface area contributed by atoms with Crippen molar-refractivity contribution >= 4 is 5.91 Å². The van der Waals surface area contributed by atoms with Crippen molar-refractivity contribution in [1.82, 2.24) is 5.01 Å². The molecule has 1 amide bonds. The van der Waals surface area contributed by atoms with Gasteiger partial charge in [-0.3, -0.25) is 25.0 Å². The number of hydrogen-bond donors (Lipinski definition) is 0. The summed E-state index contributed by atoms with van der Waals surface area (Å²) in [6, 6.07) is -3.41. The summed E-state index contributed by atoms with van der Waals surface area (Å²) in [4.78, 5) is 40.5. The van der Waals surface area contributed by atoms with Crippen LogP contribution in [0.15, 0.2) is 0 Å². The van der Waals surface area contributed by atoms with E-state index in [-0.39, 0.29) is 5.01 Å². The van der Waals surface area contributed by atoms with Gasteiger partial charge in [-0.25, -0.2) is 10.1 Å². The van der Waals surface area contributed by atoms with Crippen LogP contribution in [0.4, 0.5) is 0 Å². The maximum absolute atomic E-state index is 11.2. The van der Waals surface area contributed by atoms with E-state index < -0.39 is 45.8 Å². The molecular weight excluding hydrogens is 228 g/mol. The van der Waals surface area contributed by atoms with Gasteiger partial charge in [-0.1, -0.05) is 0 Å². The number of carbonyl (C=O) groups excluding carboxylic acids is 1. The van der Waals surface area contributed by atoms with Crippen molar-refractivity contribution in [2.24, 2.45) is 0 Å². The highest BCUT2D eigenvalue weighted by Gasteiger charge is 2.51. The second kappa shape index (κ2) is 4.04. The minimum atomic E-state index is -1.92. The lowest BCUT2D eigenvalue weighted by molar-refractivity contribution is -0.661. The fourth-order valence-electron chi connectivity index (χ4n) is 1.37. The molecule has 0 aromatic heterocycles. The summed E-state index contributed by atoms with van der Waals surface area (Å²) in [5.74, 6) is -1.33. The van der Waals surface area contributed by atoms with E-state index in [9.17, 15) is 35.1 Å². The fourth-order valence-corrected chi connectivity index (χ4v) is 1.37. The molecule has 1 heterocycles. The highest BCUT2D eigenvalue weighted by molar-refractivity contribution is 5.80. The van der Waals surface area contributed by atoms with E-state index in [1.807, 2.05) is 0 Å². The van der Waals surface area contributed by atoms with Crippen LogP contribution in [-0.4, -0.2) is 44.4 Å². The fraction of sp³-hybridized carbons (Fsp3) is 0.800. The van der Waals surface area contributed by atoms with Gasteiger partial charge in [-0.05, 0) is 5.01 Å². The monoisotopic (exact) mass is 234 g/mol. The molecule has 0 bridgehead atoms. The van der Waals surface area contributed by atoms with E-state index in [0.29, 0.717) is 0 Å². The minimum absolute atomic E-state index is 0.0789. The average Bonchev–Trinajstić information content (AvgIpc) is 2.16. The van der Waals surface area contributed by atoms with Crippen LogP contribution >= 0.6 is 0 Å². The number of hydrogen-bond acceptors (Lipinski definition) is 7. The van der Waals surface area contributed by atoms with Gasteiger partial charge in [-0.2, -0.15) is 0 Å². The molecule has 11 nitrogen and oxygen atoms in total. The van der Waals surface area contributed by atoms with Crippen molar-refractivity contribution < 1.29 is 19.7 Å². The van der Waals surface area contributed by atoms with Crippen molar-refractivity contribution in [3.63, 3.8) is 0 Å². The van der Waals surface area contributed by atoms with Crippen molar-refractivity contribution in [2.75, 3.05) is 6.54 Å². The highest BCUT2D eigenvalue weighted by atomic mass is 16.7. The third kappa shape index (κ3) is 2.02. The zero-order valence-electron chi connectivity index (χ0n) is 7.72. The molecule has 1 saturated heterocycles. The first-order chi connectivity index (χ1) is 7.34. The predicted octanol–water partition coefficient (Wildman–Crippen LogP) is -1.30. The molecule has 1 aliphatic heterocycles. The Morgan fingerprint density at radius 1 is 1.12 bits per heavy atom. The van der Waals surface area contributed by atoms with Crippen molar-refractivity contribution in [2.45, 2.75) is 18.5 Å². The largest absolute Gasteiger partial charge is 0.357 e. The minimum Gasteiger partial charge on any atom is -0.264 e. The Balaban J connectivity index is 2.97. The van der Waals surface area contributed by atoms with E-state index >= 15 is 0 Å². The number of rotatable bonds is 3. The van der Waals surface area contributed by atoms with Gasteiger partial charge in [0.05, 0.1) is 6.42 Å². The van der Waals surface area contributed by atoms with E-state index in [0.717, 1.165) is 0 Å². The van der Waals surface area contributed by atoms with Crippen LogP contribution in [0, 0.1) is 30.3 Å². The topological polar surface area (TPSA) is 150 Å². The average molecular weight is 234 g/mol. The number of nitro groups is 3. The lowest BCUT2D eigenvalue weighted by Crippen LogP contribution is -2.56. The van der Waals surface area contributed by atoms with Crippen LogP contribution in [0.2, 0.25) is 0 Å². The highest BCUT2D eigenvalue weighted by Crippen LogP contribution is 2.16. The van der Waals surface area contributed by atoms with Crippen LogP contribution < -0.4 is 0 Å². The molecule has 0 saturated carbocycles. The summed E-state index contributed by atoms with van der Waals surface area (Å²) >= 11 is 0. The smallest absolute Gasteiger partial charge is 0.264 e. The quantitative estimate of drug-likeness (QED) is 0.434. The third-order valence-corrected chi connectivity index (χ3v) is 2.17. The second-order valence-corrected chi connectivity index (χ2v) is 3.13. The molecule has 0 aliphatic carbocycles. The van der Waals surface area contributed by atoms with Crippen LogP contribution in [0.5, 0.6) is 0 Å². The lowest BCUT2D eigenvalue weighted by atomic mass is 10.0. The lowest BCUT2D eigenvalue weighted by Gasteiger charge is -2.21. The Morgan fingerprint density at radius 3 is 2.06 bits per heavy atom. The molecule has 0 radical (unpaired) electrons. The van der Waals surface area contributed by atoms with Gasteiger partial charge in [0.2, 0.25) is 6.04 Å². The molecule has 1 aliphatic rings. The Kier molecular flexibility index (Phi) is 2.96. The zero-order valence-corrected chi connectivity index (χ0v) is 7.72. The van der Waals surface area contributed by atoms with Gasteiger partial charge in [0, 0.05) is 9.85 Å². The SMILES string of the molecule is O=C1C([N+](=O)[O-])CC([N+](=O)[O-])CN1[N+](=O)[O-]. The summed E-state index contributed by atoms with van der Waals surface area (Å²) in [6.07, 6.45) is -0.622. The van der Waals surface area contributed by atoms with Gasteiger partial charge >= 0.3 is 11.9 Å². The van der Waals surface area contributed by atoms with Gasteiger partial charge in [-0.15, -0.1) is 0 Å². The van der Waals surface area contributed by atoms with Gasteiger partial charge < -0.3 is 0 Å². The standard InChI is InChI=1S/C5H6N4O7/c10-5-4(8(13)14)1-3(7(11)12)2-6(5)9(15)16/h3-4H,1-2H2. The summed E-state index contributed by atoms with van der Waals surface area (Å²) in [5, 5.41) is 29.9. The number of carbonyl (C=O) groups is 1. The zero-order chi connectivity index (χ0) is 12.5. The molecule has 11 heteroatoms. The summed E-state index contributed by atoms with van der Waals surface area (Å²) in [6.45, 7) is -0.747. The molecule has 2 atom stereocenters. The second-order valence-electron chi connectivity index (χ2n) is 3.13. The number of hydrazine groups is 1. The molecule has 0 spiro atoms. The molecule has 0 aromatic rings. The first-order valence-electron chi connectivity index (χ1n) is 4.07. The molecule has 0 aromatic carbocycles. The summed E-state index contributed by atoms with van der Waals surface area (Å²) in [5.41, 5.74) is 0. The number of amides is 1. The summed E-state index contributed by atoms with van der Waals surface area (Å²) in [7, 11) is 0. The van der Waals surface area contributed by atoms with Crippen LogP contribution in [-0.2, 0) is 4.79 Å². The van der Waals surface area contributed by atoms with Gasteiger partial charge in [0.25, 0.3) is 0 Å². The first-order valence-corrected chi connectivity index (χ1v) is 4.07. The molecule has 16 heavy (non-hydrogen) atoms. The number of piperidine rings is 1. The van der Waals surface area contributed by atoms with E-state index in [1.165, 1.54) is 0 Å². The molecular formula is C5H6N4O7. The van der Waals surface area contributed by atoms with E-state index in [4.69, 9.17) is 0 Å². The van der Waals surface area contributed by atoms with Crippen molar-refractivity contribution in [1.29, 1.82) is 0 Å². The Morgan fingerprint density at radius 2 is 1.69 bits per heavy atom. The molecule has 1 rings (SSSR count). The summed E-state index contributed by atoms with van der Waals surface area (Å²) < 4.78 is 0. The van der Waals surface area contributed by atoms with E-state index in [2.05, 4.69) is 0 Å². The molecule has 0 N–H and O–H groups in total. The Labute approximate surface area is 87.0 Å². The van der Waals surface area contributed by atoms with Crippen LogP contribution in [0.1, 0.15) is 6.42 Å².